The molecule has 1 aromatic carbocycles. The van der Waals surface area contributed by atoms with Crippen LogP contribution in [0.3, 0.4) is 0 Å². The van der Waals surface area contributed by atoms with Gasteiger partial charge in [0, 0.05) is 12.0 Å². The summed E-state index contributed by atoms with van der Waals surface area (Å²) in [7, 11) is 0. The van der Waals surface area contributed by atoms with E-state index >= 15 is 0 Å². The number of halogens is 1. The summed E-state index contributed by atoms with van der Waals surface area (Å²) < 4.78 is 13.3. The number of amidine groups is 1. The fraction of sp³-hybridized carbons (Fsp3) is 0.333. The number of amides is 1. The van der Waals surface area contributed by atoms with Gasteiger partial charge in [-0.1, -0.05) is 31.1 Å². The third kappa shape index (κ3) is 3.19. The molecule has 98 valence electrons. The summed E-state index contributed by atoms with van der Waals surface area (Å²) in [5.41, 5.74) is 4.73. The molecule has 5 nitrogen and oxygen atoms in total. The number of nitrogens with one attached hydrogen (secondary N) is 1. The van der Waals surface area contributed by atoms with E-state index in [-0.39, 0.29) is 17.9 Å². The van der Waals surface area contributed by atoms with E-state index in [1.165, 1.54) is 18.2 Å². The highest BCUT2D eigenvalue weighted by atomic mass is 19.1. The molecule has 0 saturated heterocycles. The Balaban J connectivity index is 2.71. The molecule has 0 bridgehead atoms. The first kappa shape index (κ1) is 14.0. The second kappa shape index (κ2) is 5.48. The lowest BCUT2D eigenvalue weighted by molar-refractivity contribution is 0.0940. The number of rotatable bonds is 4. The first-order valence-electron chi connectivity index (χ1n) is 5.39. The topological polar surface area (TPSA) is 87.7 Å². The van der Waals surface area contributed by atoms with Crippen molar-refractivity contribution in [3.05, 3.63) is 35.6 Å². The summed E-state index contributed by atoms with van der Waals surface area (Å²) in [6.07, 6.45) is 0. The first-order valence-corrected chi connectivity index (χ1v) is 5.39. The Kier molecular flexibility index (Phi) is 4.25. The molecule has 0 heterocycles. The normalized spacial score (nSPS) is 12.3. The molecule has 0 aromatic heterocycles. The predicted molar refractivity (Wildman–Crippen MR) is 65.9 cm³/mol. The lowest BCUT2D eigenvalue weighted by atomic mass is 9.92. The summed E-state index contributed by atoms with van der Waals surface area (Å²) in [6.45, 7) is 3.53. The molecule has 0 radical (unpaired) electrons. The van der Waals surface area contributed by atoms with Gasteiger partial charge in [-0.25, -0.2) is 4.39 Å². The van der Waals surface area contributed by atoms with Gasteiger partial charge in [0.25, 0.3) is 5.91 Å². The van der Waals surface area contributed by atoms with Gasteiger partial charge < -0.3 is 16.3 Å². The van der Waals surface area contributed by atoms with E-state index < -0.39 is 17.1 Å². The molecule has 6 heteroatoms. The van der Waals surface area contributed by atoms with E-state index in [2.05, 4.69) is 10.5 Å². The number of hydrogen-bond donors (Lipinski definition) is 3. The molecule has 0 aliphatic rings. The molecule has 18 heavy (non-hydrogen) atoms. The van der Waals surface area contributed by atoms with Crippen LogP contribution in [0.15, 0.2) is 29.4 Å². The van der Waals surface area contributed by atoms with Crippen LogP contribution in [0.25, 0.3) is 0 Å². The SMILES string of the molecule is CC(C)(CNC(=O)c1ccccc1F)/C(N)=N/O. The highest BCUT2D eigenvalue weighted by Crippen LogP contribution is 2.14. The number of nitrogens with zero attached hydrogens (tertiary/aromatic N) is 1. The van der Waals surface area contributed by atoms with E-state index in [0.717, 1.165) is 0 Å². The van der Waals surface area contributed by atoms with Crippen molar-refractivity contribution in [1.82, 2.24) is 5.32 Å². The van der Waals surface area contributed by atoms with Crippen molar-refractivity contribution in [2.45, 2.75) is 13.8 Å². The van der Waals surface area contributed by atoms with Gasteiger partial charge in [-0.05, 0) is 12.1 Å². The Bertz CT molecular complexity index is 472. The van der Waals surface area contributed by atoms with Gasteiger partial charge in [-0.2, -0.15) is 0 Å². The van der Waals surface area contributed by atoms with Gasteiger partial charge in [0.1, 0.15) is 11.7 Å². The molecule has 1 amide bonds. The lowest BCUT2D eigenvalue weighted by Gasteiger charge is -2.23. The van der Waals surface area contributed by atoms with Crippen LogP contribution in [0.5, 0.6) is 0 Å². The highest BCUT2D eigenvalue weighted by Gasteiger charge is 2.25. The Morgan fingerprint density at radius 2 is 2.11 bits per heavy atom. The van der Waals surface area contributed by atoms with Gasteiger partial charge in [0.2, 0.25) is 0 Å². The molecule has 0 aliphatic carbocycles. The van der Waals surface area contributed by atoms with Crippen molar-refractivity contribution in [1.29, 1.82) is 0 Å². The van der Waals surface area contributed by atoms with Gasteiger partial charge in [-0.15, -0.1) is 0 Å². The number of nitrogens with two attached hydrogens (primary N) is 1. The van der Waals surface area contributed by atoms with Gasteiger partial charge in [0.15, 0.2) is 0 Å². The molecule has 0 aliphatic heterocycles. The maximum Gasteiger partial charge on any atom is 0.254 e. The highest BCUT2D eigenvalue weighted by molar-refractivity contribution is 5.95. The molecular formula is C12H16FN3O2. The van der Waals surface area contributed by atoms with Gasteiger partial charge in [0.05, 0.1) is 5.56 Å². The fourth-order valence-electron chi connectivity index (χ4n) is 1.27. The van der Waals surface area contributed by atoms with Crippen LogP contribution in [0.4, 0.5) is 4.39 Å². The third-order valence-electron chi connectivity index (χ3n) is 2.61. The van der Waals surface area contributed by atoms with E-state index in [9.17, 15) is 9.18 Å². The van der Waals surface area contributed by atoms with Crippen LogP contribution in [-0.2, 0) is 0 Å². The summed E-state index contributed by atoms with van der Waals surface area (Å²) in [5, 5.41) is 14.0. The lowest BCUT2D eigenvalue weighted by Crippen LogP contribution is -2.42. The van der Waals surface area contributed by atoms with Crippen molar-refractivity contribution in [2.24, 2.45) is 16.3 Å². The molecule has 4 N–H and O–H groups in total. The first-order chi connectivity index (χ1) is 8.38. The van der Waals surface area contributed by atoms with E-state index in [4.69, 9.17) is 10.9 Å². The molecule has 0 spiro atoms. The van der Waals surface area contributed by atoms with E-state index in [1.807, 2.05) is 0 Å². The standard InChI is InChI=1S/C12H16FN3O2/c1-12(2,11(14)16-18)7-15-10(17)8-5-3-4-6-9(8)13/h3-6,18H,7H2,1-2H3,(H2,14,16)(H,15,17). The van der Waals surface area contributed by atoms with Crippen molar-refractivity contribution < 1.29 is 14.4 Å². The summed E-state index contributed by atoms with van der Waals surface area (Å²) in [6, 6.07) is 5.68. The van der Waals surface area contributed by atoms with Crippen LogP contribution in [0, 0.1) is 11.2 Å². The average Bonchev–Trinajstić information content (AvgIpc) is 2.35. The van der Waals surface area contributed by atoms with Crippen molar-refractivity contribution >= 4 is 11.7 Å². The van der Waals surface area contributed by atoms with Crippen LogP contribution in [0.2, 0.25) is 0 Å². The Hall–Kier alpha value is -2.11. The second-order valence-electron chi connectivity index (χ2n) is 4.53. The summed E-state index contributed by atoms with van der Waals surface area (Å²) in [5.74, 6) is -1.13. The zero-order valence-corrected chi connectivity index (χ0v) is 10.3. The van der Waals surface area contributed by atoms with Crippen molar-refractivity contribution in [2.75, 3.05) is 6.54 Å². The zero-order chi connectivity index (χ0) is 13.8. The minimum Gasteiger partial charge on any atom is -0.409 e. The Morgan fingerprint density at radius 3 is 2.67 bits per heavy atom. The maximum atomic E-state index is 13.3. The minimum absolute atomic E-state index is 0.00339. The number of carbonyl (C=O) groups is 1. The van der Waals surface area contributed by atoms with Crippen LogP contribution < -0.4 is 11.1 Å². The smallest absolute Gasteiger partial charge is 0.254 e. The minimum atomic E-state index is -0.713. The molecule has 0 saturated carbocycles. The third-order valence-corrected chi connectivity index (χ3v) is 2.61. The number of hydrogen-bond acceptors (Lipinski definition) is 3. The molecule has 1 aromatic rings. The molecular weight excluding hydrogens is 237 g/mol. The summed E-state index contributed by atoms with van der Waals surface area (Å²) >= 11 is 0. The average molecular weight is 253 g/mol. The van der Waals surface area contributed by atoms with Crippen molar-refractivity contribution in [3.63, 3.8) is 0 Å². The van der Waals surface area contributed by atoms with Crippen LogP contribution >= 0.6 is 0 Å². The maximum absolute atomic E-state index is 13.3. The molecule has 0 fully saturated rings. The van der Waals surface area contributed by atoms with Gasteiger partial charge >= 0.3 is 0 Å². The van der Waals surface area contributed by atoms with E-state index in [0.29, 0.717) is 0 Å². The van der Waals surface area contributed by atoms with Crippen LogP contribution in [0.1, 0.15) is 24.2 Å². The quantitative estimate of drug-likeness (QED) is 0.327. The predicted octanol–water partition coefficient (Wildman–Crippen LogP) is 1.33. The van der Waals surface area contributed by atoms with Crippen LogP contribution in [-0.4, -0.2) is 23.5 Å². The van der Waals surface area contributed by atoms with Crippen molar-refractivity contribution in [3.8, 4) is 0 Å². The molecule has 1 rings (SSSR count). The number of oxime groups is 1. The Morgan fingerprint density at radius 1 is 1.50 bits per heavy atom. The number of benzene rings is 1. The number of carbonyl (C=O) groups excluding carboxylic acids is 1. The fourth-order valence-corrected chi connectivity index (χ4v) is 1.27. The molecule has 0 unspecified atom stereocenters. The summed E-state index contributed by atoms with van der Waals surface area (Å²) in [4.78, 5) is 11.7. The largest absolute Gasteiger partial charge is 0.409 e. The Labute approximate surface area is 104 Å². The zero-order valence-electron chi connectivity index (χ0n) is 10.3. The van der Waals surface area contributed by atoms with E-state index in [1.54, 1.807) is 19.9 Å². The molecule has 0 atom stereocenters. The second-order valence-corrected chi connectivity index (χ2v) is 4.53. The van der Waals surface area contributed by atoms with Gasteiger partial charge in [-0.3, -0.25) is 4.79 Å². The monoisotopic (exact) mass is 253 g/mol.